The van der Waals surface area contributed by atoms with Crippen LogP contribution in [0.1, 0.15) is 49.9 Å². The van der Waals surface area contributed by atoms with E-state index in [1.165, 1.54) is 0 Å². The van der Waals surface area contributed by atoms with Gasteiger partial charge in [-0.3, -0.25) is 9.00 Å². The minimum atomic E-state index is -1.03. The Balaban J connectivity index is 2.02. The summed E-state index contributed by atoms with van der Waals surface area (Å²) in [5.41, 5.74) is 0.576. The molecule has 1 amide bonds. The fourth-order valence-corrected chi connectivity index (χ4v) is 3.83. The van der Waals surface area contributed by atoms with Crippen molar-refractivity contribution in [3.8, 4) is 0 Å². The van der Waals surface area contributed by atoms with E-state index in [9.17, 15) is 14.1 Å². The minimum Gasteiger partial charge on any atom is -0.396 e. The van der Waals surface area contributed by atoms with Crippen LogP contribution in [0.25, 0.3) is 0 Å². The molecule has 2 N–H and O–H groups in total. The van der Waals surface area contributed by atoms with Gasteiger partial charge in [-0.1, -0.05) is 26.7 Å². The Labute approximate surface area is 134 Å². The normalized spacial score (nSPS) is 23.3. The Kier molecular flexibility index (Phi) is 6.15. The molecule has 1 aromatic rings. The van der Waals surface area contributed by atoms with E-state index < -0.39 is 10.8 Å². The van der Waals surface area contributed by atoms with E-state index in [0.29, 0.717) is 5.56 Å². The lowest BCUT2D eigenvalue weighted by molar-refractivity contribution is 0.0872. The van der Waals surface area contributed by atoms with Crippen LogP contribution in [0.5, 0.6) is 0 Å². The summed E-state index contributed by atoms with van der Waals surface area (Å²) < 4.78 is 12.0. The largest absolute Gasteiger partial charge is 0.396 e. The maximum atomic E-state index is 12.3. The molecule has 4 nitrogen and oxygen atoms in total. The third kappa shape index (κ3) is 4.17. The van der Waals surface area contributed by atoms with Gasteiger partial charge in [-0.05, 0) is 37.1 Å². The molecule has 0 bridgehead atoms. The molecule has 5 heteroatoms. The van der Waals surface area contributed by atoms with Gasteiger partial charge in [0.15, 0.2) is 0 Å². The predicted octanol–water partition coefficient (Wildman–Crippen LogP) is 2.48. The van der Waals surface area contributed by atoms with Crippen LogP contribution >= 0.6 is 0 Å². The zero-order valence-electron chi connectivity index (χ0n) is 13.2. The summed E-state index contributed by atoms with van der Waals surface area (Å²) in [6.45, 7) is 3.95. The standard InChI is InChI=1S/C17H25NO3S/c1-12(2)22(21)15-9-7-13(8-10-15)17(20)18-16-6-4-3-5-14(16)11-19/h7-10,12,14,16,19H,3-6,11H2,1-2H3,(H,18,20). The van der Waals surface area contributed by atoms with Crippen molar-refractivity contribution < 1.29 is 14.1 Å². The Morgan fingerprint density at radius 2 is 1.91 bits per heavy atom. The molecular weight excluding hydrogens is 298 g/mol. The molecule has 0 aliphatic heterocycles. The first-order chi connectivity index (χ1) is 10.5. The molecule has 0 radical (unpaired) electrons. The molecule has 122 valence electrons. The summed E-state index contributed by atoms with van der Waals surface area (Å²) in [6, 6.07) is 7.02. The van der Waals surface area contributed by atoms with Crippen LogP contribution in [-0.2, 0) is 10.8 Å². The van der Waals surface area contributed by atoms with Gasteiger partial charge in [0.05, 0.1) is 10.8 Å². The Bertz CT molecular complexity index is 527. The zero-order chi connectivity index (χ0) is 16.1. The van der Waals surface area contributed by atoms with E-state index in [2.05, 4.69) is 5.32 Å². The Morgan fingerprint density at radius 3 is 2.50 bits per heavy atom. The predicted molar refractivity (Wildman–Crippen MR) is 88.3 cm³/mol. The highest BCUT2D eigenvalue weighted by molar-refractivity contribution is 7.85. The fraction of sp³-hybridized carbons (Fsp3) is 0.588. The molecule has 1 aliphatic rings. The number of nitrogens with one attached hydrogen (secondary N) is 1. The van der Waals surface area contributed by atoms with Crippen molar-refractivity contribution in [2.45, 2.75) is 55.7 Å². The number of rotatable bonds is 5. The van der Waals surface area contributed by atoms with Gasteiger partial charge in [-0.15, -0.1) is 0 Å². The van der Waals surface area contributed by atoms with Crippen LogP contribution in [0.3, 0.4) is 0 Å². The number of amides is 1. The molecular formula is C17H25NO3S. The van der Waals surface area contributed by atoms with E-state index in [-0.39, 0.29) is 29.7 Å². The van der Waals surface area contributed by atoms with Gasteiger partial charge >= 0.3 is 0 Å². The van der Waals surface area contributed by atoms with Crippen molar-refractivity contribution >= 4 is 16.7 Å². The molecule has 3 unspecified atom stereocenters. The molecule has 1 saturated carbocycles. The van der Waals surface area contributed by atoms with E-state index in [1.807, 2.05) is 13.8 Å². The third-order valence-corrected chi connectivity index (χ3v) is 5.83. The first kappa shape index (κ1) is 17.2. The average molecular weight is 323 g/mol. The van der Waals surface area contributed by atoms with Gasteiger partial charge in [0.2, 0.25) is 0 Å². The van der Waals surface area contributed by atoms with Crippen molar-refractivity contribution in [1.82, 2.24) is 5.32 Å². The summed E-state index contributed by atoms with van der Waals surface area (Å²) in [4.78, 5) is 13.1. The highest BCUT2D eigenvalue weighted by Gasteiger charge is 2.26. The van der Waals surface area contributed by atoms with Gasteiger partial charge in [0.25, 0.3) is 5.91 Å². The molecule has 2 rings (SSSR count). The maximum absolute atomic E-state index is 12.3. The smallest absolute Gasteiger partial charge is 0.251 e. The molecule has 3 atom stereocenters. The van der Waals surface area contributed by atoms with Crippen molar-refractivity contribution in [1.29, 1.82) is 0 Å². The number of aliphatic hydroxyl groups excluding tert-OH is 1. The number of hydrogen-bond donors (Lipinski definition) is 2. The van der Waals surface area contributed by atoms with E-state index in [0.717, 1.165) is 30.6 Å². The van der Waals surface area contributed by atoms with Crippen molar-refractivity contribution in [2.75, 3.05) is 6.61 Å². The van der Waals surface area contributed by atoms with E-state index in [1.54, 1.807) is 24.3 Å². The molecule has 22 heavy (non-hydrogen) atoms. The van der Waals surface area contributed by atoms with Gasteiger partial charge in [0.1, 0.15) is 0 Å². The molecule has 1 aromatic carbocycles. The molecule has 0 heterocycles. The van der Waals surface area contributed by atoms with Crippen molar-refractivity contribution in [2.24, 2.45) is 5.92 Å². The van der Waals surface area contributed by atoms with Gasteiger partial charge < -0.3 is 10.4 Å². The van der Waals surface area contributed by atoms with Crippen LogP contribution in [0.15, 0.2) is 29.2 Å². The van der Waals surface area contributed by atoms with Crippen LogP contribution in [0.2, 0.25) is 0 Å². The summed E-state index contributed by atoms with van der Waals surface area (Å²) in [7, 11) is -1.03. The van der Waals surface area contributed by atoms with Gasteiger partial charge in [-0.2, -0.15) is 0 Å². The molecule has 0 aromatic heterocycles. The summed E-state index contributed by atoms with van der Waals surface area (Å²) in [5.74, 6) is 0.0395. The number of carbonyl (C=O) groups is 1. The Hall–Kier alpha value is -1.20. The second kappa shape index (κ2) is 7.88. The number of carbonyl (C=O) groups excluding carboxylic acids is 1. The van der Waals surface area contributed by atoms with Gasteiger partial charge in [0, 0.05) is 34.3 Å². The second-order valence-corrected chi connectivity index (χ2v) is 8.19. The van der Waals surface area contributed by atoms with Gasteiger partial charge in [-0.25, -0.2) is 0 Å². The quantitative estimate of drug-likeness (QED) is 0.875. The first-order valence-corrected chi connectivity index (χ1v) is 9.16. The molecule has 1 fully saturated rings. The average Bonchev–Trinajstić information content (AvgIpc) is 2.54. The van der Waals surface area contributed by atoms with Crippen LogP contribution in [-0.4, -0.2) is 33.1 Å². The van der Waals surface area contributed by atoms with Crippen molar-refractivity contribution in [3.63, 3.8) is 0 Å². The maximum Gasteiger partial charge on any atom is 0.251 e. The molecule has 0 spiro atoms. The molecule has 1 aliphatic carbocycles. The van der Waals surface area contributed by atoms with Crippen LogP contribution in [0.4, 0.5) is 0 Å². The van der Waals surface area contributed by atoms with Crippen LogP contribution < -0.4 is 5.32 Å². The SMILES string of the molecule is CC(C)S(=O)c1ccc(C(=O)NC2CCCCC2CO)cc1. The topological polar surface area (TPSA) is 66.4 Å². The fourth-order valence-electron chi connectivity index (χ4n) is 2.88. The number of benzene rings is 1. The zero-order valence-corrected chi connectivity index (χ0v) is 14.1. The van der Waals surface area contributed by atoms with Crippen LogP contribution in [0, 0.1) is 5.92 Å². The Morgan fingerprint density at radius 1 is 1.27 bits per heavy atom. The lowest BCUT2D eigenvalue weighted by Gasteiger charge is -2.30. The van der Waals surface area contributed by atoms with Crippen molar-refractivity contribution in [3.05, 3.63) is 29.8 Å². The number of hydrogen-bond acceptors (Lipinski definition) is 3. The first-order valence-electron chi connectivity index (χ1n) is 7.95. The highest BCUT2D eigenvalue weighted by Crippen LogP contribution is 2.24. The highest BCUT2D eigenvalue weighted by atomic mass is 32.2. The monoisotopic (exact) mass is 323 g/mol. The third-order valence-electron chi connectivity index (χ3n) is 4.24. The minimum absolute atomic E-state index is 0.0516. The summed E-state index contributed by atoms with van der Waals surface area (Å²) in [6.07, 6.45) is 4.10. The number of aliphatic hydroxyl groups is 1. The lowest BCUT2D eigenvalue weighted by atomic mass is 9.85. The van der Waals surface area contributed by atoms with E-state index >= 15 is 0 Å². The van der Waals surface area contributed by atoms with E-state index in [4.69, 9.17) is 0 Å². The lowest BCUT2D eigenvalue weighted by Crippen LogP contribution is -2.43. The second-order valence-electron chi connectivity index (χ2n) is 6.18. The molecule has 0 saturated heterocycles. The summed E-state index contributed by atoms with van der Waals surface area (Å²) in [5, 5.41) is 12.5. The summed E-state index contributed by atoms with van der Waals surface area (Å²) >= 11 is 0.